The molecule has 2 aromatic heterocycles. The van der Waals surface area contributed by atoms with E-state index in [4.69, 9.17) is 11.1 Å². The van der Waals surface area contributed by atoms with Crippen LogP contribution < -0.4 is 11.2 Å². The number of nitrogen functional groups attached to an aromatic ring is 1. The second kappa shape index (κ2) is 3.66. The van der Waals surface area contributed by atoms with Crippen LogP contribution in [0.25, 0.3) is 16.9 Å². The van der Waals surface area contributed by atoms with E-state index in [0.717, 1.165) is 0 Å². The highest BCUT2D eigenvalue weighted by Gasteiger charge is 2.12. The van der Waals surface area contributed by atoms with E-state index in [0.29, 0.717) is 11.2 Å². The second-order valence-corrected chi connectivity index (χ2v) is 3.71. The van der Waals surface area contributed by atoms with Crippen LogP contribution in [0.2, 0.25) is 0 Å². The number of benzene rings is 1. The Morgan fingerprint density at radius 3 is 2.89 bits per heavy atom. The highest BCUT2D eigenvalue weighted by atomic mass is 19.1. The molecule has 2 heterocycles. The van der Waals surface area contributed by atoms with Crippen molar-refractivity contribution in [3.8, 4) is 5.69 Å². The normalized spacial score (nSPS) is 10.9. The molecular weight excluding hydrogens is 235 g/mol. The molecule has 7 heteroatoms. The lowest BCUT2D eigenvalue weighted by Gasteiger charge is -2.10. The van der Waals surface area contributed by atoms with E-state index in [2.05, 4.69) is 15.0 Å². The lowest BCUT2D eigenvalue weighted by Crippen LogP contribution is -2.24. The van der Waals surface area contributed by atoms with E-state index in [1.807, 2.05) is 0 Å². The Morgan fingerprint density at radius 1 is 1.33 bits per heavy atom. The predicted octanol–water partition coefficient (Wildman–Crippen LogP) is 0.949. The molecule has 0 amide bonds. The van der Waals surface area contributed by atoms with Gasteiger partial charge in [0.05, 0.1) is 12.0 Å². The molecule has 0 aliphatic carbocycles. The van der Waals surface area contributed by atoms with E-state index in [1.54, 1.807) is 12.1 Å². The molecule has 0 saturated carbocycles. The number of H-pyrrole nitrogens is 1. The first-order valence-electron chi connectivity index (χ1n) is 5.19. The molecule has 0 saturated heterocycles. The van der Waals surface area contributed by atoms with E-state index in [1.165, 1.54) is 23.0 Å². The van der Waals surface area contributed by atoms with Crippen molar-refractivity contribution >= 4 is 17.1 Å². The van der Waals surface area contributed by atoms with Gasteiger partial charge in [-0.2, -0.15) is 4.98 Å². The van der Waals surface area contributed by atoms with Gasteiger partial charge < -0.3 is 10.7 Å². The van der Waals surface area contributed by atoms with Crippen molar-refractivity contribution in [2.24, 2.45) is 0 Å². The summed E-state index contributed by atoms with van der Waals surface area (Å²) < 4.78 is 15.0. The van der Waals surface area contributed by atoms with Gasteiger partial charge in [0.2, 0.25) is 5.95 Å². The quantitative estimate of drug-likeness (QED) is 0.594. The van der Waals surface area contributed by atoms with Crippen LogP contribution >= 0.6 is 0 Å². The van der Waals surface area contributed by atoms with E-state index in [9.17, 15) is 4.39 Å². The van der Waals surface area contributed by atoms with Crippen molar-refractivity contribution < 1.29 is 4.39 Å². The number of fused-ring (bicyclic) bond motifs is 1. The number of nitrogens with two attached hydrogens (primary N) is 1. The molecule has 0 fully saturated rings. The van der Waals surface area contributed by atoms with Crippen LogP contribution in [0.3, 0.4) is 0 Å². The molecule has 0 unspecified atom stereocenters. The maximum atomic E-state index is 13.7. The molecule has 0 aliphatic heterocycles. The molecule has 90 valence electrons. The maximum absolute atomic E-state index is 13.7. The van der Waals surface area contributed by atoms with Crippen molar-refractivity contribution in [2.45, 2.75) is 0 Å². The predicted molar refractivity (Wildman–Crippen MR) is 63.4 cm³/mol. The molecule has 3 aromatic rings. The Kier molecular flexibility index (Phi) is 2.12. The fourth-order valence-electron chi connectivity index (χ4n) is 1.81. The smallest absolute Gasteiger partial charge is 0.208 e. The summed E-state index contributed by atoms with van der Waals surface area (Å²) in [7, 11) is 0. The number of hydrogen-bond acceptors (Lipinski definition) is 4. The molecular formula is C11H9FN6. The van der Waals surface area contributed by atoms with E-state index >= 15 is 0 Å². The summed E-state index contributed by atoms with van der Waals surface area (Å²) in [6.07, 6.45) is 1.42. The molecule has 0 aliphatic rings. The third kappa shape index (κ3) is 1.37. The number of hydrogen-bond donors (Lipinski definition) is 3. The Labute approximate surface area is 100 Å². The van der Waals surface area contributed by atoms with Gasteiger partial charge in [0.15, 0.2) is 11.1 Å². The largest absolute Gasteiger partial charge is 0.369 e. The zero-order chi connectivity index (χ0) is 12.7. The number of anilines is 1. The fourth-order valence-corrected chi connectivity index (χ4v) is 1.81. The first-order valence-corrected chi connectivity index (χ1v) is 5.19. The van der Waals surface area contributed by atoms with Crippen molar-refractivity contribution in [2.75, 3.05) is 5.73 Å². The number of imidazole rings is 1. The van der Waals surface area contributed by atoms with Gasteiger partial charge in [-0.3, -0.25) is 9.98 Å². The molecule has 4 N–H and O–H groups in total. The average Bonchev–Trinajstić information content (AvgIpc) is 2.79. The van der Waals surface area contributed by atoms with Crippen molar-refractivity contribution in [3.05, 3.63) is 41.9 Å². The van der Waals surface area contributed by atoms with Crippen molar-refractivity contribution in [1.82, 2.24) is 19.5 Å². The standard InChI is InChI=1S/C11H9FN6/c12-6-3-1-2-4-7(6)18-9(13)8-10(16-5-15-8)17-11(18)14/h1-5,13H,(H2,14,17)(H,15,16). The summed E-state index contributed by atoms with van der Waals surface area (Å²) in [6.45, 7) is 0. The SMILES string of the molecule is N=c1c2[nH]cnc2nc(N)n1-c1ccccc1F. The minimum absolute atomic E-state index is 0.0140. The summed E-state index contributed by atoms with van der Waals surface area (Å²) in [5.41, 5.74) is 6.70. The third-order valence-corrected chi connectivity index (χ3v) is 2.62. The van der Waals surface area contributed by atoms with Gasteiger partial charge in [0.25, 0.3) is 0 Å². The zero-order valence-electron chi connectivity index (χ0n) is 9.18. The number of aromatic nitrogens is 4. The number of para-hydroxylation sites is 1. The minimum atomic E-state index is -0.469. The average molecular weight is 244 g/mol. The zero-order valence-corrected chi connectivity index (χ0v) is 9.18. The van der Waals surface area contributed by atoms with Crippen LogP contribution in [0.5, 0.6) is 0 Å². The van der Waals surface area contributed by atoms with Crippen molar-refractivity contribution in [3.63, 3.8) is 0 Å². The lowest BCUT2D eigenvalue weighted by molar-refractivity contribution is 0.615. The van der Waals surface area contributed by atoms with E-state index < -0.39 is 5.82 Å². The summed E-state index contributed by atoms with van der Waals surface area (Å²) >= 11 is 0. The number of halogens is 1. The molecule has 18 heavy (non-hydrogen) atoms. The van der Waals surface area contributed by atoms with Gasteiger partial charge in [-0.05, 0) is 12.1 Å². The lowest BCUT2D eigenvalue weighted by atomic mass is 10.3. The van der Waals surface area contributed by atoms with Crippen LogP contribution in [-0.2, 0) is 0 Å². The van der Waals surface area contributed by atoms with Crippen LogP contribution in [0, 0.1) is 11.2 Å². The van der Waals surface area contributed by atoms with Gasteiger partial charge in [-0.1, -0.05) is 12.1 Å². The Morgan fingerprint density at radius 2 is 2.11 bits per heavy atom. The number of nitrogens with one attached hydrogen (secondary N) is 2. The van der Waals surface area contributed by atoms with E-state index in [-0.39, 0.29) is 17.1 Å². The van der Waals surface area contributed by atoms with Crippen molar-refractivity contribution in [1.29, 1.82) is 5.41 Å². The Hall–Kier alpha value is -2.70. The third-order valence-electron chi connectivity index (χ3n) is 2.62. The number of aromatic amines is 1. The topological polar surface area (TPSA) is 96.4 Å². The summed E-state index contributed by atoms with van der Waals surface area (Å²) in [5, 5.41) is 8.04. The summed E-state index contributed by atoms with van der Waals surface area (Å²) in [6, 6.07) is 6.08. The number of nitrogens with zero attached hydrogens (tertiary/aromatic N) is 3. The second-order valence-electron chi connectivity index (χ2n) is 3.71. The highest BCUT2D eigenvalue weighted by Crippen LogP contribution is 2.14. The summed E-state index contributed by atoms with van der Waals surface area (Å²) in [5.74, 6) is -0.451. The van der Waals surface area contributed by atoms with Gasteiger partial charge in [0, 0.05) is 0 Å². The molecule has 6 nitrogen and oxygen atoms in total. The van der Waals surface area contributed by atoms with Crippen LogP contribution in [-0.4, -0.2) is 19.5 Å². The monoisotopic (exact) mass is 244 g/mol. The highest BCUT2D eigenvalue weighted by molar-refractivity contribution is 5.70. The minimum Gasteiger partial charge on any atom is -0.369 e. The molecule has 0 radical (unpaired) electrons. The summed E-state index contributed by atoms with van der Waals surface area (Å²) in [4.78, 5) is 10.7. The molecule has 0 atom stereocenters. The van der Waals surface area contributed by atoms with Gasteiger partial charge in [0.1, 0.15) is 11.3 Å². The number of rotatable bonds is 1. The molecule has 0 bridgehead atoms. The maximum Gasteiger partial charge on any atom is 0.208 e. The van der Waals surface area contributed by atoms with Gasteiger partial charge >= 0.3 is 0 Å². The van der Waals surface area contributed by atoms with Gasteiger partial charge in [-0.25, -0.2) is 9.37 Å². The Bertz CT molecular complexity index is 788. The van der Waals surface area contributed by atoms with Gasteiger partial charge in [-0.15, -0.1) is 0 Å². The first-order chi connectivity index (χ1) is 8.68. The molecule has 1 aromatic carbocycles. The molecule has 0 spiro atoms. The van der Waals surface area contributed by atoms with Crippen LogP contribution in [0.1, 0.15) is 0 Å². The Balaban J connectivity index is 2.43. The first kappa shape index (κ1) is 10.5. The van der Waals surface area contributed by atoms with Crippen LogP contribution in [0.15, 0.2) is 30.6 Å². The molecule has 3 rings (SSSR count). The fraction of sp³-hybridized carbons (Fsp3) is 0. The van der Waals surface area contributed by atoms with Crippen LogP contribution in [0.4, 0.5) is 10.3 Å².